The Morgan fingerprint density at radius 1 is 1.47 bits per heavy atom. The van der Waals surface area contributed by atoms with Crippen molar-refractivity contribution in [1.29, 1.82) is 5.41 Å². The maximum absolute atomic E-state index is 11.5. The topological polar surface area (TPSA) is 62.6 Å². The second-order valence-electron chi connectivity index (χ2n) is 5.53. The summed E-state index contributed by atoms with van der Waals surface area (Å²) in [6.07, 6.45) is 1.62. The Balaban J connectivity index is 2.53. The number of nitrogens with one attached hydrogen (secondary N) is 1. The van der Waals surface area contributed by atoms with Gasteiger partial charge in [-0.1, -0.05) is 20.8 Å². The SMILES string of the molecule is COC(=O)[C@@H]1CCCN1C(=N)OCC(C)(C)C. The lowest BCUT2D eigenvalue weighted by Gasteiger charge is -2.27. The number of amidine groups is 1. The van der Waals surface area contributed by atoms with E-state index in [1.54, 1.807) is 4.90 Å². The van der Waals surface area contributed by atoms with Crippen LogP contribution < -0.4 is 0 Å². The molecule has 0 aromatic carbocycles. The number of carbonyl (C=O) groups is 1. The molecular weight excluding hydrogens is 220 g/mol. The average molecular weight is 242 g/mol. The largest absolute Gasteiger partial charge is 0.467 e. The van der Waals surface area contributed by atoms with E-state index in [0.29, 0.717) is 13.2 Å². The molecule has 0 amide bonds. The van der Waals surface area contributed by atoms with Gasteiger partial charge in [-0.3, -0.25) is 5.41 Å². The summed E-state index contributed by atoms with van der Waals surface area (Å²) in [7, 11) is 1.37. The van der Waals surface area contributed by atoms with Crippen LogP contribution in [0.1, 0.15) is 33.6 Å². The lowest BCUT2D eigenvalue weighted by molar-refractivity contribution is -0.144. The maximum atomic E-state index is 11.5. The van der Waals surface area contributed by atoms with Crippen LogP contribution in [-0.4, -0.2) is 43.2 Å². The molecule has 0 unspecified atom stereocenters. The van der Waals surface area contributed by atoms with Gasteiger partial charge >= 0.3 is 5.97 Å². The van der Waals surface area contributed by atoms with Crippen molar-refractivity contribution in [3.05, 3.63) is 0 Å². The molecule has 1 N–H and O–H groups in total. The molecule has 1 heterocycles. The number of methoxy groups -OCH3 is 1. The Hall–Kier alpha value is -1.26. The summed E-state index contributed by atoms with van der Waals surface area (Å²) in [5.74, 6) is -0.286. The second-order valence-corrected chi connectivity index (χ2v) is 5.53. The summed E-state index contributed by atoms with van der Waals surface area (Å²) in [6.45, 7) is 7.28. The zero-order valence-electron chi connectivity index (χ0n) is 11.1. The first-order valence-electron chi connectivity index (χ1n) is 5.91. The van der Waals surface area contributed by atoms with E-state index < -0.39 is 0 Å². The molecule has 0 aliphatic carbocycles. The van der Waals surface area contributed by atoms with E-state index in [4.69, 9.17) is 14.9 Å². The van der Waals surface area contributed by atoms with Gasteiger partial charge in [0.25, 0.3) is 6.02 Å². The molecule has 1 saturated heterocycles. The number of carbonyl (C=O) groups excluding carboxylic acids is 1. The molecule has 1 rings (SSSR count). The molecular formula is C12H22N2O3. The van der Waals surface area contributed by atoms with Crippen molar-refractivity contribution in [1.82, 2.24) is 4.90 Å². The van der Waals surface area contributed by atoms with Crippen LogP contribution in [-0.2, 0) is 14.3 Å². The fourth-order valence-electron chi connectivity index (χ4n) is 1.76. The third-order valence-corrected chi connectivity index (χ3v) is 2.63. The molecule has 98 valence electrons. The molecule has 1 fully saturated rings. The molecule has 0 saturated carbocycles. The number of nitrogens with zero attached hydrogens (tertiary/aromatic N) is 1. The van der Waals surface area contributed by atoms with Crippen LogP contribution in [0.5, 0.6) is 0 Å². The van der Waals surface area contributed by atoms with Gasteiger partial charge in [0, 0.05) is 6.54 Å². The standard InChI is InChI=1S/C12H22N2O3/c1-12(2,3)8-17-11(13)14-7-5-6-9(14)10(15)16-4/h9,13H,5-8H2,1-4H3/t9-/m0/s1. The van der Waals surface area contributed by atoms with Crippen LogP contribution in [0, 0.1) is 10.8 Å². The predicted octanol–water partition coefficient (Wildman–Crippen LogP) is 1.62. The fourth-order valence-corrected chi connectivity index (χ4v) is 1.76. The molecule has 0 aromatic rings. The van der Waals surface area contributed by atoms with E-state index in [1.807, 2.05) is 20.8 Å². The zero-order chi connectivity index (χ0) is 13.1. The van der Waals surface area contributed by atoms with Crippen molar-refractivity contribution in [2.24, 2.45) is 5.41 Å². The van der Waals surface area contributed by atoms with Crippen LogP contribution in [0.3, 0.4) is 0 Å². The van der Waals surface area contributed by atoms with Gasteiger partial charge in [0.15, 0.2) is 0 Å². The molecule has 1 aliphatic heterocycles. The van der Waals surface area contributed by atoms with Crippen molar-refractivity contribution in [3.8, 4) is 0 Å². The van der Waals surface area contributed by atoms with Crippen LogP contribution in [0.25, 0.3) is 0 Å². The summed E-state index contributed by atoms with van der Waals surface area (Å²) in [5, 5.41) is 7.86. The first-order chi connectivity index (χ1) is 7.85. The molecule has 1 aliphatic rings. The van der Waals surface area contributed by atoms with Gasteiger partial charge in [0.05, 0.1) is 13.7 Å². The zero-order valence-corrected chi connectivity index (χ0v) is 11.1. The lowest BCUT2D eigenvalue weighted by atomic mass is 9.99. The Morgan fingerprint density at radius 3 is 2.65 bits per heavy atom. The molecule has 0 radical (unpaired) electrons. The van der Waals surface area contributed by atoms with Gasteiger partial charge in [-0.15, -0.1) is 0 Å². The number of ether oxygens (including phenoxy) is 2. The summed E-state index contributed by atoms with van der Waals surface area (Å²) >= 11 is 0. The highest BCUT2D eigenvalue weighted by Gasteiger charge is 2.34. The van der Waals surface area contributed by atoms with E-state index in [1.165, 1.54) is 7.11 Å². The van der Waals surface area contributed by atoms with E-state index in [-0.39, 0.29) is 23.4 Å². The van der Waals surface area contributed by atoms with Crippen molar-refractivity contribution in [3.63, 3.8) is 0 Å². The first kappa shape index (κ1) is 13.8. The Kier molecular flexibility index (Phi) is 4.37. The molecule has 5 heteroatoms. The van der Waals surface area contributed by atoms with Crippen LogP contribution in [0.4, 0.5) is 0 Å². The molecule has 0 bridgehead atoms. The van der Waals surface area contributed by atoms with Crippen molar-refractivity contribution < 1.29 is 14.3 Å². The fraction of sp³-hybridized carbons (Fsp3) is 0.833. The Morgan fingerprint density at radius 2 is 2.12 bits per heavy atom. The third kappa shape index (κ3) is 3.91. The number of esters is 1. The molecule has 0 spiro atoms. The van der Waals surface area contributed by atoms with Crippen molar-refractivity contribution in [2.75, 3.05) is 20.3 Å². The Bertz CT molecular complexity index is 297. The summed E-state index contributed by atoms with van der Waals surface area (Å²) < 4.78 is 10.1. The molecule has 1 atom stereocenters. The Labute approximate surface area is 103 Å². The molecule has 0 aromatic heterocycles. The number of likely N-dealkylation sites (tertiary alicyclic amines) is 1. The summed E-state index contributed by atoms with van der Waals surface area (Å²) in [5.41, 5.74) is 0.00673. The molecule has 5 nitrogen and oxygen atoms in total. The van der Waals surface area contributed by atoms with E-state index >= 15 is 0 Å². The second kappa shape index (κ2) is 5.38. The molecule has 17 heavy (non-hydrogen) atoms. The third-order valence-electron chi connectivity index (χ3n) is 2.63. The van der Waals surface area contributed by atoms with Gasteiger partial charge in [0.1, 0.15) is 6.04 Å². The number of hydrogen-bond acceptors (Lipinski definition) is 4. The van der Waals surface area contributed by atoms with E-state index in [2.05, 4.69) is 0 Å². The van der Waals surface area contributed by atoms with E-state index in [9.17, 15) is 4.79 Å². The minimum atomic E-state index is -0.354. The van der Waals surface area contributed by atoms with Gasteiger partial charge < -0.3 is 14.4 Å². The highest BCUT2D eigenvalue weighted by molar-refractivity contribution is 5.82. The number of rotatable bonds is 2. The van der Waals surface area contributed by atoms with Crippen LogP contribution in [0.15, 0.2) is 0 Å². The van der Waals surface area contributed by atoms with Crippen molar-refractivity contribution >= 4 is 12.0 Å². The predicted molar refractivity (Wildman–Crippen MR) is 64.9 cm³/mol. The van der Waals surface area contributed by atoms with Gasteiger partial charge in [-0.05, 0) is 18.3 Å². The highest BCUT2D eigenvalue weighted by Crippen LogP contribution is 2.20. The smallest absolute Gasteiger partial charge is 0.328 e. The summed E-state index contributed by atoms with van der Waals surface area (Å²) in [4.78, 5) is 13.2. The van der Waals surface area contributed by atoms with Gasteiger partial charge in [-0.25, -0.2) is 4.79 Å². The minimum absolute atomic E-state index is 0.00673. The normalized spacial score (nSPS) is 20.2. The summed E-state index contributed by atoms with van der Waals surface area (Å²) in [6, 6.07) is -0.278. The van der Waals surface area contributed by atoms with Gasteiger partial charge in [-0.2, -0.15) is 0 Å². The first-order valence-corrected chi connectivity index (χ1v) is 5.91. The number of hydrogen-bond donors (Lipinski definition) is 1. The van der Waals surface area contributed by atoms with Crippen molar-refractivity contribution in [2.45, 2.75) is 39.7 Å². The quantitative estimate of drug-likeness (QED) is 0.454. The lowest BCUT2D eigenvalue weighted by Crippen LogP contribution is -2.42. The van der Waals surface area contributed by atoms with Gasteiger partial charge in [0.2, 0.25) is 0 Å². The maximum Gasteiger partial charge on any atom is 0.328 e. The monoisotopic (exact) mass is 242 g/mol. The van der Waals surface area contributed by atoms with Crippen LogP contribution in [0.2, 0.25) is 0 Å². The highest BCUT2D eigenvalue weighted by atomic mass is 16.5. The van der Waals surface area contributed by atoms with E-state index in [0.717, 1.165) is 12.8 Å². The minimum Gasteiger partial charge on any atom is -0.467 e. The van der Waals surface area contributed by atoms with Crippen LogP contribution >= 0.6 is 0 Å². The average Bonchev–Trinajstić information content (AvgIpc) is 2.72.